The van der Waals surface area contributed by atoms with E-state index in [1.165, 1.54) is 5.01 Å². The first kappa shape index (κ1) is 24.0. The summed E-state index contributed by atoms with van der Waals surface area (Å²) in [7, 11) is 1.61. The highest BCUT2D eigenvalue weighted by Gasteiger charge is 2.36. The smallest absolute Gasteiger partial charge is 0.303 e. The number of benzene rings is 3. The highest BCUT2D eigenvalue weighted by molar-refractivity contribution is 6.03. The molecule has 0 spiro atoms. The molecule has 5 rings (SSSR count). The van der Waals surface area contributed by atoms with Crippen molar-refractivity contribution in [2.24, 2.45) is 5.10 Å². The molecule has 0 saturated heterocycles. The Balaban J connectivity index is 1.58. The Labute approximate surface area is 214 Å². The first-order chi connectivity index (χ1) is 18.0. The minimum absolute atomic E-state index is 0.140. The number of hydrogen-bond donors (Lipinski definition) is 1. The largest absolute Gasteiger partial charge is 0.497 e. The van der Waals surface area contributed by atoms with Crippen molar-refractivity contribution in [2.45, 2.75) is 25.3 Å². The van der Waals surface area contributed by atoms with E-state index < -0.39 is 12.0 Å². The molecule has 186 valence electrons. The van der Waals surface area contributed by atoms with E-state index in [9.17, 15) is 9.59 Å². The van der Waals surface area contributed by atoms with Gasteiger partial charge in [0, 0.05) is 30.2 Å². The van der Waals surface area contributed by atoms with E-state index in [0.717, 1.165) is 39.5 Å². The molecule has 2 heterocycles. The fourth-order valence-corrected chi connectivity index (χ4v) is 4.43. The molecule has 3 aromatic carbocycles. The van der Waals surface area contributed by atoms with Crippen molar-refractivity contribution in [3.05, 3.63) is 102 Å². The number of aliphatic carboxylic acids is 1. The standard InChI is InChI=1S/C29H26N4O4/c1-37-23-14-12-20(13-15-23)25-18-26(33(30-25)27(34)16-17-28(35)36)24-19-32(22-10-6-3-7-11-22)31-29(24)21-8-4-2-5-9-21/h2-15,19,26H,16-18H2,1H3,(H,35,36)/t26-/m0/s1. The van der Waals surface area contributed by atoms with Crippen LogP contribution >= 0.6 is 0 Å². The third-order valence-corrected chi connectivity index (χ3v) is 6.31. The zero-order valence-electron chi connectivity index (χ0n) is 20.3. The van der Waals surface area contributed by atoms with Gasteiger partial charge in [0.2, 0.25) is 5.91 Å². The van der Waals surface area contributed by atoms with Gasteiger partial charge in [0.15, 0.2) is 0 Å². The number of methoxy groups -OCH3 is 1. The Bertz CT molecular complexity index is 1430. The number of para-hydroxylation sites is 1. The molecule has 4 aromatic rings. The van der Waals surface area contributed by atoms with Crippen LogP contribution in [0.2, 0.25) is 0 Å². The molecule has 0 radical (unpaired) electrons. The fourth-order valence-electron chi connectivity index (χ4n) is 4.43. The summed E-state index contributed by atoms with van der Waals surface area (Å²) < 4.78 is 7.08. The van der Waals surface area contributed by atoms with E-state index in [0.29, 0.717) is 6.42 Å². The Kier molecular flexibility index (Phi) is 6.81. The molecule has 1 amide bonds. The maximum absolute atomic E-state index is 13.2. The van der Waals surface area contributed by atoms with Gasteiger partial charge in [-0.15, -0.1) is 0 Å². The van der Waals surface area contributed by atoms with Gasteiger partial charge in [-0.25, -0.2) is 9.69 Å². The molecule has 8 heteroatoms. The van der Waals surface area contributed by atoms with Crippen LogP contribution in [0.4, 0.5) is 0 Å². The van der Waals surface area contributed by atoms with Gasteiger partial charge in [0.1, 0.15) is 5.75 Å². The third kappa shape index (κ3) is 5.13. The number of aromatic nitrogens is 2. The maximum Gasteiger partial charge on any atom is 0.303 e. The zero-order valence-corrected chi connectivity index (χ0v) is 20.3. The number of ether oxygens (including phenoxy) is 1. The minimum Gasteiger partial charge on any atom is -0.497 e. The molecular weight excluding hydrogens is 468 g/mol. The van der Waals surface area contributed by atoms with Gasteiger partial charge in [0.25, 0.3) is 0 Å². The van der Waals surface area contributed by atoms with Gasteiger partial charge in [-0.1, -0.05) is 48.5 Å². The molecule has 37 heavy (non-hydrogen) atoms. The van der Waals surface area contributed by atoms with Crippen LogP contribution in [0.25, 0.3) is 16.9 Å². The molecule has 1 atom stereocenters. The van der Waals surface area contributed by atoms with Gasteiger partial charge >= 0.3 is 5.97 Å². The highest BCUT2D eigenvalue weighted by atomic mass is 16.5. The summed E-state index contributed by atoms with van der Waals surface area (Å²) in [5.74, 6) is -0.642. The molecule has 1 aliphatic rings. The summed E-state index contributed by atoms with van der Waals surface area (Å²) in [5, 5.41) is 20.2. The highest BCUT2D eigenvalue weighted by Crippen LogP contribution is 2.38. The number of carbonyl (C=O) groups is 2. The summed E-state index contributed by atoms with van der Waals surface area (Å²) in [5.41, 5.74) is 5.01. The van der Waals surface area contributed by atoms with Crippen LogP contribution in [-0.4, -0.2) is 44.6 Å². The van der Waals surface area contributed by atoms with Crippen molar-refractivity contribution < 1.29 is 19.4 Å². The van der Waals surface area contributed by atoms with E-state index in [2.05, 4.69) is 0 Å². The molecule has 1 aromatic heterocycles. The summed E-state index contributed by atoms with van der Waals surface area (Å²) in [6.45, 7) is 0. The molecule has 0 aliphatic carbocycles. The second kappa shape index (κ2) is 10.5. The lowest BCUT2D eigenvalue weighted by molar-refractivity contribution is -0.141. The number of nitrogens with zero attached hydrogens (tertiary/aromatic N) is 4. The molecule has 1 N–H and O–H groups in total. The van der Waals surface area contributed by atoms with Crippen LogP contribution < -0.4 is 4.74 Å². The first-order valence-electron chi connectivity index (χ1n) is 12.0. The second-order valence-electron chi connectivity index (χ2n) is 8.71. The lowest BCUT2D eigenvalue weighted by Crippen LogP contribution is -2.27. The quantitative estimate of drug-likeness (QED) is 0.368. The summed E-state index contributed by atoms with van der Waals surface area (Å²) in [6, 6.07) is 26.7. The van der Waals surface area contributed by atoms with Crippen LogP contribution in [-0.2, 0) is 9.59 Å². The number of hydrazone groups is 1. The predicted molar refractivity (Wildman–Crippen MR) is 140 cm³/mol. The average molecular weight is 495 g/mol. The Morgan fingerprint density at radius 1 is 0.919 bits per heavy atom. The molecular formula is C29H26N4O4. The Morgan fingerprint density at radius 3 is 2.24 bits per heavy atom. The van der Waals surface area contributed by atoms with Gasteiger partial charge in [0.05, 0.1) is 36.7 Å². The van der Waals surface area contributed by atoms with Gasteiger partial charge in [-0.2, -0.15) is 10.2 Å². The Hall–Kier alpha value is -4.72. The van der Waals surface area contributed by atoms with Crippen LogP contribution in [0.1, 0.15) is 36.4 Å². The monoisotopic (exact) mass is 494 g/mol. The number of rotatable bonds is 8. The average Bonchev–Trinajstić information content (AvgIpc) is 3.58. The molecule has 8 nitrogen and oxygen atoms in total. The topological polar surface area (TPSA) is 97.0 Å². The van der Waals surface area contributed by atoms with Crippen LogP contribution in [0.15, 0.2) is 96.2 Å². The van der Waals surface area contributed by atoms with Gasteiger partial charge in [-0.05, 0) is 42.0 Å². The van der Waals surface area contributed by atoms with Gasteiger partial charge in [-0.3, -0.25) is 9.59 Å². The van der Waals surface area contributed by atoms with E-state index in [4.69, 9.17) is 20.0 Å². The number of amides is 1. The maximum atomic E-state index is 13.2. The van der Waals surface area contributed by atoms with Crippen molar-refractivity contribution in [1.29, 1.82) is 0 Å². The number of carboxylic acid groups (broad SMARTS) is 1. The summed E-state index contributed by atoms with van der Waals surface area (Å²) >= 11 is 0. The fraction of sp³-hybridized carbons (Fsp3) is 0.172. The zero-order chi connectivity index (χ0) is 25.8. The van der Waals surface area contributed by atoms with Crippen LogP contribution in [0.5, 0.6) is 5.75 Å². The van der Waals surface area contributed by atoms with E-state index in [-0.39, 0.29) is 18.7 Å². The molecule has 0 saturated carbocycles. The molecule has 0 bridgehead atoms. The summed E-state index contributed by atoms with van der Waals surface area (Å²) in [4.78, 5) is 24.4. The van der Waals surface area contributed by atoms with Gasteiger partial charge < -0.3 is 9.84 Å². The minimum atomic E-state index is -1.02. The lowest BCUT2D eigenvalue weighted by atomic mass is 9.96. The first-order valence-corrected chi connectivity index (χ1v) is 12.0. The van der Waals surface area contributed by atoms with Crippen molar-refractivity contribution in [3.8, 4) is 22.7 Å². The Morgan fingerprint density at radius 2 is 1.59 bits per heavy atom. The normalized spacial score (nSPS) is 14.9. The van der Waals surface area contributed by atoms with Crippen molar-refractivity contribution in [2.75, 3.05) is 7.11 Å². The molecule has 1 aliphatic heterocycles. The van der Waals surface area contributed by atoms with E-state index in [1.54, 1.807) is 7.11 Å². The van der Waals surface area contributed by atoms with Crippen molar-refractivity contribution >= 4 is 17.6 Å². The number of carbonyl (C=O) groups excluding carboxylic acids is 1. The van der Waals surface area contributed by atoms with E-state index in [1.807, 2.05) is 95.8 Å². The van der Waals surface area contributed by atoms with E-state index >= 15 is 0 Å². The SMILES string of the molecule is COc1ccc(C2=NN(C(=O)CCC(=O)O)[C@H](c3cn(-c4ccccc4)nc3-c3ccccc3)C2)cc1. The predicted octanol–water partition coefficient (Wildman–Crippen LogP) is 5.09. The van der Waals surface area contributed by atoms with Crippen LogP contribution in [0, 0.1) is 0 Å². The van der Waals surface area contributed by atoms with Crippen LogP contribution in [0.3, 0.4) is 0 Å². The molecule has 0 unspecified atom stereocenters. The third-order valence-electron chi connectivity index (χ3n) is 6.31. The van der Waals surface area contributed by atoms with Crippen molar-refractivity contribution in [3.63, 3.8) is 0 Å². The van der Waals surface area contributed by atoms with Crippen molar-refractivity contribution in [1.82, 2.24) is 14.8 Å². The lowest BCUT2D eigenvalue weighted by Gasteiger charge is -2.21. The number of carboxylic acids is 1. The second-order valence-corrected chi connectivity index (χ2v) is 8.71. The number of hydrogen-bond acceptors (Lipinski definition) is 5. The molecule has 0 fully saturated rings. The summed E-state index contributed by atoms with van der Waals surface area (Å²) in [6.07, 6.45) is 2.00.